The lowest BCUT2D eigenvalue weighted by molar-refractivity contribution is -0.130. The van der Waals surface area contributed by atoms with Crippen molar-refractivity contribution in [2.45, 2.75) is 17.9 Å². The zero-order chi connectivity index (χ0) is 19.4. The average molecular weight is 386 g/mol. The van der Waals surface area contributed by atoms with Crippen molar-refractivity contribution in [1.82, 2.24) is 19.4 Å². The standard InChI is InChI=1S/C19H22N4O3S/c1-22(13-15-12-20-23(2)14-15)19(24)9-10-21-27(25,26)18-8-7-16-5-3-4-6-17(16)11-18/h3-8,11-12,14,21H,9-10,13H2,1-2H3. The molecule has 1 amide bonds. The van der Waals surface area contributed by atoms with Crippen LogP contribution in [0.15, 0.2) is 59.8 Å². The van der Waals surface area contributed by atoms with Gasteiger partial charge in [0.2, 0.25) is 15.9 Å². The third-order valence-corrected chi connectivity index (χ3v) is 5.72. The number of nitrogens with one attached hydrogen (secondary N) is 1. The summed E-state index contributed by atoms with van der Waals surface area (Å²) in [5, 5.41) is 5.90. The Balaban J connectivity index is 1.57. The number of carbonyl (C=O) groups excluding carboxylic acids is 1. The van der Waals surface area contributed by atoms with E-state index in [1.54, 1.807) is 41.0 Å². The maximum atomic E-state index is 12.5. The van der Waals surface area contributed by atoms with Crippen LogP contribution in [0.3, 0.4) is 0 Å². The van der Waals surface area contributed by atoms with Crippen molar-refractivity contribution in [3.8, 4) is 0 Å². The number of rotatable bonds is 7. The number of amides is 1. The van der Waals surface area contributed by atoms with Gasteiger partial charge in [-0.25, -0.2) is 13.1 Å². The molecule has 2 aromatic carbocycles. The molecule has 27 heavy (non-hydrogen) atoms. The van der Waals surface area contributed by atoms with Crippen molar-refractivity contribution in [3.63, 3.8) is 0 Å². The fourth-order valence-electron chi connectivity index (χ4n) is 2.82. The van der Waals surface area contributed by atoms with Gasteiger partial charge in [-0.05, 0) is 22.9 Å². The number of benzene rings is 2. The molecule has 3 rings (SSSR count). The minimum Gasteiger partial charge on any atom is -0.341 e. The molecule has 0 aliphatic rings. The monoisotopic (exact) mass is 386 g/mol. The van der Waals surface area contributed by atoms with E-state index in [4.69, 9.17) is 0 Å². The largest absolute Gasteiger partial charge is 0.341 e. The van der Waals surface area contributed by atoms with Crippen molar-refractivity contribution in [2.75, 3.05) is 13.6 Å². The molecule has 0 atom stereocenters. The summed E-state index contributed by atoms with van der Waals surface area (Å²) < 4.78 is 29.1. The van der Waals surface area contributed by atoms with E-state index >= 15 is 0 Å². The van der Waals surface area contributed by atoms with Crippen molar-refractivity contribution in [1.29, 1.82) is 0 Å². The predicted octanol–water partition coefficient (Wildman–Crippen LogP) is 1.90. The zero-order valence-electron chi connectivity index (χ0n) is 15.3. The molecule has 1 aromatic heterocycles. The van der Waals surface area contributed by atoms with E-state index in [0.717, 1.165) is 16.3 Å². The summed E-state index contributed by atoms with van der Waals surface area (Å²) in [4.78, 5) is 14.0. The van der Waals surface area contributed by atoms with Crippen molar-refractivity contribution in [3.05, 3.63) is 60.4 Å². The molecule has 0 saturated heterocycles. The van der Waals surface area contributed by atoms with Gasteiger partial charge in [0.15, 0.2) is 0 Å². The van der Waals surface area contributed by atoms with Gasteiger partial charge in [0, 0.05) is 45.4 Å². The number of fused-ring (bicyclic) bond motifs is 1. The fourth-order valence-corrected chi connectivity index (χ4v) is 3.88. The highest BCUT2D eigenvalue weighted by molar-refractivity contribution is 7.89. The molecule has 7 nitrogen and oxygen atoms in total. The topological polar surface area (TPSA) is 84.3 Å². The summed E-state index contributed by atoms with van der Waals surface area (Å²) in [5.74, 6) is -0.139. The molecular formula is C19H22N4O3S. The third kappa shape index (κ3) is 4.72. The molecule has 8 heteroatoms. The number of carbonyl (C=O) groups is 1. The van der Waals surface area contributed by atoms with E-state index in [0.29, 0.717) is 6.54 Å². The predicted molar refractivity (Wildman–Crippen MR) is 103 cm³/mol. The molecule has 0 fully saturated rings. The minimum absolute atomic E-state index is 0.0470. The molecule has 0 aliphatic heterocycles. The zero-order valence-corrected chi connectivity index (χ0v) is 16.1. The Hall–Kier alpha value is -2.71. The Kier molecular flexibility index (Phi) is 5.57. The van der Waals surface area contributed by atoms with Gasteiger partial charge in [-0.1, -0.05) is 30.3 Å². The SMILES string of the molecule is CN(Cc1cnn(C)c1)C(=O)CCNS(=O)(=O)c1ccc2ccccc2c1. The lowest BCUT2D eigenvalue weighted by atomic mass is 10.1. The van der Waals surface area contributed by atoms with Crippen LogP contribution in [0.2, 0.25) is 0 Å². The number of hydrogen-bond acceptors (Lipinski definition) is 4. The fraction of sp³-hybridized carbons (Fsp3) is 0.263. The molecule has 1 N–H and O–H groups in total. The van der Waals surface area contributed by atoms with Crippen LogP contribution in [0.1, 0.15) is 12.0 Å². The molecule has 0 radical (unpaired) electrons. The summed E-state index contributed by atoms with van der Waals surface area (Å²) in [7, 11) is -0.163. The van der Waals surface area contributed by atoms with Gasteiger partial charge >= 0.3 is 0 Å². The van der Waals surface area contributed by atoms with E-state index in [-0.39, 0.29) is 23.8 Å². The molecule has 0 unspecified atom stereocenters. The Bertz CT molecular complexity index is 1060. The maximum absolute atomic E-state index is 12.5. The van der Waals surface area contributed by atoms with Crippen molar-refractivity contribution in [2.24, 2.45) is 7.05 Å². The molecule has 0 saturated carbocycles. The van der Waals surface area contributed by atoms with Crippen LogP contribution < -0.4 is 4.72 Å². The van der Waals surface area contributed by atoms with Gasteiger partial charge in [-0.3, -0.25) is 9.48 Å². The highest BCUT2D eigenvalue weighted by Gasteiger charge is 2.16. The van der Waals surface area contributed by atoms with Gasteiger partial charge in [0.05, 0.1) is 11.1 Å². The first-order chi connectivity index (χ1) is 12.8. The Morgan fingerprint density at radius 3 is 2.63 bits per heavy atom. The quantitative estimate of drug-likeness (QED) is 0.672. The lowest BCUT2D eigenvalue weighted by Crippen LogP contribution is -2.31. The smallest absolute Gasteiger partial charge is 0.240 e. The molecule has 1 heterocycles. The second kappa shape index (κ2) is 7.89. The highest BCUT2D eigenvalue weighted by Crippen LogP contribution is 2.18. The first-order valence-corrected chi connectivity index (χ1v) is 10.0. The van der Waals surface area contributed by atoms with Crippen LogP contribution in [0.5, 0.6) is 0 Å². The normalized spacial score (nSPS) is 11.6. The molecule has 0 spiro atoms. The van der Waals surface area contributed by atoms with Gasteiger partial charge in [-0.2, -0.15) is 5.10 Å². The molecule has 142 valence electrons. The van der Waals surface area contributed by atoms with Crippen LogP contribution in [0.25, 0.3) is 10.8 Å². The van der Waals surface area contributed by atoms with Crippen LogP contribution >= 0.6 is 0 Å². The summed E-state index contributed by atoms with van der Waals surface area (Å²) >= 11 is 0. The Morgan fingerprint density at radius 1 is 1.19 bits per heavy atom. The van der Waals surface area contributed by atoms with Crippen molar-refractivity contribution >= 4 is 26.7 Å². The lowest BCUT2D eigenvalue weighted by Gasteiger charge is -2.16. The third-order valence-electron chi connectivity index (χ3n) is 4.27. The van der Waals surface area contributed by atoms with Gasteiger partial charge in [0.25, 0.3) is 0 Å². The van der Waals surface area contributed by atoms with E-state index in [9.17, 15) is 13.2 Å². The van der Waals surface area contributed by atoms with E-state index in [2.05, 4.69) is 9.82 Å². The van der Waals surface area contributed by atoms with Gasteiger partial charge < -0.3 is 4.90 Å². The minimum atomic E-state index is -3.66. The van der Waals surface area contributed by atoms with Gasteiger partial charge in [0.1, 0.15) is 0 Å². The number of aromatic nitrogens is 2. The molecule has 0 aliphatic carbocycles. The summed E-state index contributed by atoms with van der Waals surface area (Å²) in [5.41, 5.74) is 0.921. The van der Waals surface area contributed by atoms with Crippen molar-refractivity contribution < 1.29 is 13.2 Å². The number of hydrogen-bond donors (Lipinski definition) is 1. The van der Waals surface area contributed by atoms with Crippen LogP contribution in [0, 0.1) is 0 Å². The summed E-state index contributed by atoms with van der Waals surface area (Å²) in [6.45, 7) is 0.482. The van der Waals surface area contributed by atoms with E-state index in [1.807, 2.05) is 37.5 Å². The number of aryl methyl sites for hydroxylation is 1. The van der Waals surface area contributed by atoms with Crippen LogP contribution in [-0.4, -0.2) is 42.6 Å². The maximum Gasteiger partial charge on any atom is 0.240 e. The molecule has 3 aromatic rings. The Labute approximate surface area is 158 Å². The number of nitrogens with zero attached hydrogens (tertiary/aromatic N) is 3. The highest BCUT2D eigenvalue weighted by atomic mass is 32.2. The average Bonchev–Trinajstić information content (AvgIpc) is 3.05. The second-order valence-corrected chi connectivity index (χ2v) is 8.20. The van der Waals surface area contributed by atoms with Crippen LogP contribution in [-0.2, 0) is 28.4 Å². The summed E-state index contributed by atoms with van der Waals surface area (Å²) in [6, 6.07) is 12.5. The van der Waals surface area contributed by atoms with Crippen LogP contribution in [0.4, 0.5) is 0 Å². The Morgan fingerprint density at radius 2 is 1.93 bits per heavy atom. The first kappa shape index (κ1) is 19.1. The second-order valence-electron chi connectivity index (χ2n) is 6.43. The van der Waals surface area contributed by atoms with E-state index < -0.39 is 10.0 Å². The van der Waals surface area contributed by atoms with E-state index in [1.165, 1.54) is 0 Å². The first-order valence-electron chi connectivity index (χ1n) is 8.55. The summed E-state index contributed by atoms with van der Waals surface area (Å²) in [6.07, 6.45) is 3.63. The van der Waals surface area contributed by atoms with Gasteiger partial charge in [-0.15, -0.1) is 0 Å². The molecular weight excluding hydrogens is 364 g/mol. The number of sulfonamides is 1. The molecule has 0 bridgehead atoms.